The Labute approximate surface area is 162 Å². The third-order valence-corrected chi connectivity index (χ3v) is 6.50. The lowest BCUT2D eigenvalue weighted by Crippen LogP contribution is -2.17. The van der Waals surface area contributed by atoms with Gasteiger partial charge in [0.05, 0.1) is 18.3 Å². The van der Waals surface area contributed by atoms with Crippen molar-refractivity contribution in [2.75, 3.05) is 11.9 Å². The molecule has 1 heterocycles. The Morgan fingerprint density at radius 3 is 3.04 bits per heavy atom. The topological polar surface area (TPSA) is 82.3 Å². The molecule has 3 atom stereocenters. The Morgan fingerprint density at radius 2 is 2.26 bits per heavy atom. The van der Waals surface area contributed by atoms with Crippen molar-refractivity contribution in [2.24, 2.45) is 5.92 Å². The van der Waals surface area contributed by atoms with Crippen molar-refractivity contribution in [1.82, 2.24) is 0 Å². The molecular weight excluding hydrogens is 360 g/mol. The van der Waals surface area contributed by atoms with Gasteiger partial charge in [-0.2, -0.15) is 5.26 Å². The molecule has 2 aromatic rings. The van der Waals surface area contributed by atoms with E-state index in [9.17, 15) is 15.2 Å². The van der Waals surface area contributed by atoms with Gasteiger partial charge in [0.1, 0.15) is 16.8 Å². The number of aliphatic hydroxyl groups excluding tert-OH is 1. The van der Waals surface area contributed by atoms with Crippen LogP contribution in [0.15, 0.2) is 24.3 Å². The maximum Gasteiger partial charge on any atom is 0.228 e. The first kappa shape index (κ1) is 18.0. The quantitative estimate of drug-likeness (QED) is 0.828. The molecule has 2 aliphatic carbocycles. The van der Waals surface area contributed by atoms with Gasteiger partial charge >= 0.3 is 0 Å². The summed E-state index contributed by atoms with van der Waals surface area (Å²) in [5.41, 5.74) is 2.65. The number of para-hydroxylation sites is 1. The molecule has 2 N–H and O–H groups in total. The molecule has 0 saturated heterocycles. The van der Waals surface area contributed by atoms with Crippen molar-refractivity contribution < 1.29 is 14.6 Å². The van der Waals surface area contributed by atoms with Gasteiger partial charge in [-0.1, -0.05) is 18.2 Å². The van der Waals surface area contributed by atoms with Crippen LogP contribution in [0.3, 0.4) is 0 Å². The zero-order valence-electron chi connectivity index (χ0n) is 15.2. The van der Waals surface area contributed by atoms with Gasteiger partial charge in [-0.3, -0.25) is 4.79 Å². The molecule has 4 rings (SSSR count). The molecule has 140 valence electrons. The molecule has 2 aliphatic rings. The number of aliphatic hydroxyl groups is 1. The van der Waals surface area contributed by atoms with E-state index in [1.54, 1.807) is 0 Å². The van der Waals surface area contributed by atoms with Crippen LogP contribution in [-0.4, -0.2) is 23.7 Å². The lowest BCUT2D eigenvalue weighted by atomic mass is 9.94. The molecule has 1 saturated carbocycles. The Morgan fingerprint density at radius 1 is 1.44 bits per heavy atom. The van der Waals surface area contributed by atoms with Crippen LogP contribution >= 0.6 is 11.3 Å². The van der Waals surface area contributed by atoms with Crippen molar-refractivity contribution in [3.05, 3.63) is 45.8 Å². The third kappa shape index (κ3) is 3.45. The highest BCUT2D eigenvalue weighted by atomic mass is 32.1. The number of hydrogen-bond acceptors (Lipinski definition) is 5. The first-order valence-electron chi connectivity index (χ1n) is 9.37. The van der Waals surface area contributed by atoms with Crippen molar-refractivity contribution in [2.45, 2.75) is 44.6 Å². The zero-order chi connectivity index (χ0) is 19.0. The highest BCUT2D eigenvalue weighted by Gasteiger charge is 2.45. The molecule has 1 fully saturated rings. The first-order chi connectivity index (χ1) is 13.1. The predicted octanol–water partition coefficient (Wildman–Crippen LogP) is 3.61. The van der Waals surface area contributed by atoms with Crippen molar-refractivity contribution >= 4 is 22.2 Å². The Hall–Kier alpha value is -2.36. The highest BCUT2D eigenvalue weighted by molar-refractivity contribution is 7.16. The van der Waals surface area contributed by atoms with E-state index >= 15 is 0 Å². The van der Waals surface area contributed by atoms with Gasteiger partial charge in [-0.15, -0.1) is 11.3 Å². The Balaban J connectivity index is 1.50. The van der Waals surface area contributed by atoms with E-state index in [2.05, 4.69) is 11.4 Å². The van der Waals surface area contributed by atoms with Gasteiger partial charge in [-0.05, 0) is 49.3 Å². The highest BCUT2D eigenvalue weighted by Crippen LogP contribution is 2.51. The van der Waals surface area contributed by atoms with Crippen LogP contribution in [0.4, 0.5) is 5.00 Å². The van der Waals surface area contributed by atoms with Gasteiger partial charge in [0.25, 0.3) is 0 Å². The summed E-state index contributed by atoms with van der Waals surface area (Å²) in [6.45, 7) is 2.55. The van der Waals surface area contributed by atoms with E-state index in [0.29, 0.717) is 36.4 Å². The molecule has 0 radical (unpaired) electrons. The minimum atomic E-state index is -0.353. The van der Waals surface area contributed by atoms with E-state index in [-0.39, 0.29) is 23.8 Å². The van der Waals surface area contributed by atoms with E-state index in [1.807, 2.05) is 31.2 Å². The summed E-state index contributed by atoms with van der Waals surface area (Å²) < 4.78 is 5.69. The number of ether oxygens (including phenoxy) is 1. The second-order valence-electron chi connectivity index (χ2n) is 7.13. The maximum absolute atomic E-state index is 12.8. The lowest BCUT2D eigenvalue weighted by Gasteiger charge is -2.16. The SMILES string of the molecule is CCOc1ccccc1C1CC1C(=O)Nc1sc2c(c1C#N)CCC(O)C2. The molecular formula is C21H22N2O3S. The van der Waals surface area contributed by atoms with Crippen LogP contribution < -0.4 is 10.1 Å². The fourth-order valence-corrected chi connectivity index (χ4v) is 5.15. The number of hydrogen-bond donors (Lipinski definition) is 2. The summed E-state index contributed by atoms with van der Waals surface area (Å²) in [4.78, 5) is 13.8. The standard InChI is InChI=1S/C21H22N2O3S/c1-2-26-18-6-4-3-5-13(18)15-10-16(15)20(25)23-21-17(11-22)14-8-7-12(24)9-19(14)27-21/h3-6,12,15-16,24H,2,7-10H2,1H3,(H,23,25). The van der Waals surface area contributed by atoms with E-state index < -0.39 is 0 Å². The van der Waals surface area contributed by atoms with Gasteiger partial charge in [0.15, 0.2) is 0 Å². The van der Waals surface area contributed by atoms with Crippen molar-refractivity contribution in [1.29, 1.82) is 5.26 Å². The molecule has 1 aromatic heterocycles. The summed E-state index contributed by atoms with van der Waals surface area (Å²) >= 11 is 1.43. The van der Waals surface area contributed by atoms with E-state index in [0.717, 1.165) is 28.2 Å². The number of benzene rings is 1. The first-order valence-corrected chi connectivity index (χ1v) is 10.2. The molecule has 1 amide bonds. The number of fused-ring (bicyclic) bond motifs is 1. The summed E-state index contributed by atoms with van der Waals surface area (Å²) in [5, 5.41) is 23.0. The van der Waals surface area contributed by atoms with Gasteiger partial charge in [-0.25, -0.2) is 0 Å². The lowest BCUT2D eigenvalue weighted by molar-refractivity contribution is -0.117. The summed E-state index contributed by atoms with van der Waals surface area (Å²) in [6, 6.07) is 10.1. The number of carbonyl (C=O) groups excluding carboxylic acids is 1. The molecule has 0 aliphatic heterocycles. The minimum Gasteiger partial charge on any atom is -0.494 e. The molecule has 0 spiro atoms. The molecule has 0 bridgehead atoms. The smallest absolute Gasteiger partial charge is 0.228 e. The molecule has 5 nitrogen and oxygen atoms in total. The van der Waals surface area contributed by atoms with Gasteiger partial charge in [0.2, 0.25) is 5.91 Å². The summed E-state index contributed by atoms with van der Waals surface area (Å²) in [6.07, 6.45) is 2.37. The fraction of sp³-hybridized carbons (Fsp3) is 0.429. The number of amides is 1. The number of thiophene rings is 1. The number of nitriles is 1. The summed E-state index contributed by atoms with van der Waals surface area (Å²) in [5.74, 6) is 0.873. The van der Waals surface area contributed by atoms with Crippen LogP contribution in [0.5, 0.6) is 5.75 Å². The number of rotatable bonds is 5. The van der Waals surface area contributed by atoms with Crippen LogP contribution in [0.2, 0.25) is 0 Å². The zero-order valence-corrected chi connectivity index (χ0v) is 16.0. The van der Waals surface area contributed by atoms with Crippen molar-refractivity contribution in [3.8, 4) is 11.8 Å². The largest absolute Gasteiger partial charge is 0.494 e. The Kier molecular flexibility index (Phi) is 4.90. The van der Waals surface area contributed by atoms with Crippen LogP contribution in [-0.2, 0) is 17.6 Å². The average molecular weight is 382 g/mol. The maximum atomic E-state index is 12.8. The average Bonchev–Trinajstić information content (AvgIpc) is 3.38. The second kappa shape index (κ2) is 7.34. The molecule has 6 heteroatoms. The third-order valence-electron chi connectivity index (χ3n) is 5.33. The molecule has 3 unspecified atom stereocenters. The van der Waals surface area contributed by atoms with Gasteiger partial charge in [0, 0.05) is 17.2 Å². The van der Waals surface area contributed by atoms with E-state index in [1.165, 1.54) is 11.3 Å². The number of nitrogens with one attached hydrogen (secondary N) is 1. The van der Waals surface area contributed by atoms with E-state index in [4.69, 9.17) is 4.74 Å². The molecule has 1 aromatic carbocycles. The van der Waals surface area contributed by atoms with Crippen molar-refractivity contribution in [3.63, 3.8) is 0 Å². The number of nitrogens with zero attached hydrogens (tertiary/aromatic N) is 1. The number of anilines is 1. The van der Waals surface area contributed by atoms with Crippen LogP contribution in [0.1, 0.15) is 47.3 Å². The normalized spacial score (nSPS) is 23.2. The predicted molar refractivity (Wildman–Crippen MR) is 104 cm³/mol. The van der Waals surface area contributed by atoms with Gasteiger partial charge < -0.3 is 15.2 Å². The Bertz CT molecular complexity index is 915. The van der Waals surface area contributed by atoms with Crippen LogP contribution in [0.25, 0.3) is 0 Å². The molecule has 27 heavy (non-hydrogen) atoms. The second-order valence-corrected chi connectivity index (χ2v) is 8.23. The fourth-order valence-electron chi connectivity index (χ4n) is 3.88. The van der Waals surface area contributed by atoms with Crippen LogP contribution in [0, 0.1) is 17.2 Å². The minimum absolute atomic E-state index is 0.0399. The monoisotopic (exact) mass is 382 g/mol. The summed E-state index contributed by atoms with van der Waals surface area (Å²) in [7, 11) is 0. The number of carbonyl (C=O) groups is 1.